The fourth-order valence-corrected chi connectivity index (χ4v) is 2.27. The number of carbonyl (C=O) groups excluding carboxylic acids is 2. The van der Waals surface area contributed by atoms with Gasteiger partial charge in [-0.1, -0.05) is 24.3 Å². The SMILES string of the molecule is C[N+](C)(C)CCOC(=O)c1ccccc1O.C[N+](C)(C)CCOC(=O)c1ccccc1O.O=S([O-])[O-]. The van der Waals surface area contributed by atoms with Gasteiger partial charge >= 0.3 is 11.9 Å². The number of hydrogen-bond acceptors (Lipinski definition) is 9. The first kappa shape index (κ1) is 33.0. The van der Waals surface area contributed by atoms with E-state index in [2.05, 4.69) is 0 Å². The highest BCUT2D eigenvalue weighted by atomic mass is 32.2. The van der Waals surface area contributed by atoms with Gasteiger partial charge in [-0.2, -0.15) is 0 Å². The molecule has 0 aromatic heterocycles. The van der Waals surface area contributed by atoms with Gasteiger partial charge in [-0.25, -0.2) is 9.59 Å². The summed E-state index contributed by atoms with van der Waals surface area (Å²) in [6, 6.07) is 12.7. The van der Waals surface area contributed by atoms with Gasteiger partial charge in [-0.3, -0.25) is 4.21 Å². The number of benzene rings is 2. The van der Waals surface area contributed by atoms with Gasteiger partial charge in [0.2, 0.25) is 0 Å². The predicted molar refractivity (Wildman–Crippen MR) is 132 cm³/mol. The van der Waals surface area contributed by atoms with Crippen LogP contribution in [0.15, 0.2) is 48.5 Å². The van der Waals surface area contributed by atoms with Crippen LogP contribution in [-0.4, -0.2) is 113 Å². The minimum absolute atomic E-state index is 0.0438. The molecule has 0 bridgehead atoms. The van der Waals surface area contributed by atoms with E-state index in [-0.39, 0.29) is 22.6 Å². The molecule has 2 N–H and O–H groups in total. The molecule has 0 spiro atoms. The maximum atomic E-state index is 11.6. The van der Waals surface area contributed by atoms with Gasteiger partial charge in [0.15, 0.2) is 0 Å². The van der Waals surface area contributed by atoms with Gasteiger partial charge in [0.1, 0.15) is 48.9 Å². The molecule has 0 aliphatic rings. The average Bonchev–Trinajstić information content (AvgIpc) is 2.72. The van der Waals surface area contributed by atoms with E-state index < -0.39 is 23.3 Å². The Labute approximate surface area is 214 Å². The highest BCUT2D eigenvalue weighted by Crippen LogP contribution is 2.17. The van der Waals surface area contributed by atoms with Crippen LogP contribution in [0, 0.1) is 0 Å². The van der Waals surface area contributed by atoms with Crippen molar-refractivity contribution in [2.24, 2.45) is 0 Å². The number of phenolic OH excluding ortho intramolecular Hbond substituents is 2. The summed E-state index contributed by atoms with van der Waals surface area (Å²) in [7, 11) is 12.1. The Morgan fingerprint density at radius 3 is 1.25 bits per heavy atom. The maximum Gasteiger partial charge on any atom is 0.342 e. The minimum Gasteiger partial charge on any atom is -0.784 e. The first-order valence-electron chi connectivity index (χ1n) is 10.8. The van der Waals surface area contributed by atoms with Gasteiger partial charge in [0.05, 0.1) is 42.3 Å². The van der Waals surface area contributed by atoms with Crippen molar-refractivity contribution in [2.75, 3.05) is 68.6 Å². The number of rotatable bonds is 8. The summed E-state index contributed by atoms with van der Waals surface area (Å²) in [5, 5.41) is 18.9. The summed E-state index contributed by atoms with van der Waals surface area (Å²) in [5.74, 6) is -1.05. The highest BCUT2D eigenvalue weighted by molar-refractivity contribution is 7.72. The Hall–Kier alpha value is -3.03. The van der Waals surface area contributed by atoms with Crippen molar-refractivity contribution in [1.29, 1.82) is 0 Å². The molecule has 202 valence electrons. The molecule has 0 heterocycles. The van der Waals surface area contributed by atoms with Crippen molar-refractivity contribution < 1.29 is 51.6 Å². The van der Waals surface area contributed by atoms with Gasteiger partial charge in [0, 0.05) is 0 Å². The van der Waals surface area contributed by atoms with Crippen LogP contribution in [0.2, 0.25) is 0 Å². The number of hydrogen-bond donors (Lipinski definition) is 2. The van der Waals surface area contributed by atoms with Crippen LogP contribution < -0.4 is 0 Å². The normalized spacial score (nSPS) is 10.9. The van der Waals surface area contributed by atoms with Crippen molar-refractivity contribution in [3.63, 3.8) is 0 Å². The molecule has 12 heteroatoms. The van der Waals surface area contributed by atoms with Crippen LogP contribution in [0.4, 0.5) is 0 Å². The van der Waals surface area contributed by atoms with Crippen LogP contribution >= 0.6 is 0 Å². The molecule has 0 fully saturated rings. The van der Waals surface area contributed by atoms with Gasteiger partial charge in [-0.05, 0) is 24.3 Å². The quantitative estimate of drug-likeness (QED) is 0.294. The lowest BCUT2D eigenvalue weighted by Gasteiger charge is -2.23. The van der Waals surface area contributed by atoms with Crippen molar-refractivity contribution in [1.82, 2.24) is 0 Å². The number of ether oxygens (including phenoxy) is 2. The van der Waals surface area contributed by atoms with Crippen molar-refractivity contribution >= 4 is 23.3 Å². The minimum atomic E-state index is -3.11. The zero-order valence-corrected chi connectivity index (χ0v) is 22.3. The number of nitrogens with zero attached hydrogens (tertiary/aromatic N) is 2. The molecule has 0 saturated carbocycles. The fourth-order valence-electron chi connectivity index (χ4n) is 2.27. The third-order valence-corrected chi connectivity index (χ3v) is 4.24. The van der Waals surface area contributed by atoms with Gasteiger partial charge in [0.25, 0.3) is 0 Å². The monoisotopic (exact) mass is 528 g/mol. The van der Waals surface area contributed by atoms with E-state index in [9.17, 15) is 19.8 Å². The van der Waals surface area contributed by atoms with Crippen LogP contribution in [0.5, 0.6) is 11.5 Å². The Kier molecular flexibility index (Phi) is 14.5. The molecule has 2 aromatic carbocycles. The van der Waals surface area contributed by atoms with Crippen molar-refractivity contribution in [2.45, 2.75) is 0 Å². The Bertz CT molecular complexity index is 909. The summed E-state index contributed by atoms with van der Waals surface area (Å²) in [6.07, 6.45) is 0. The molecular formula is C24H36N2O9S. The van der Waals surface area contributed by atoms with E-state index in [1.807, 2.05) is 42.3 Å². The number of carbonyl (C=O) groups is 2. The second-order valence-corrected chi connectivity index (χ2v) is 9.95. The zero-order valence-electron chi connectivity index (χ0n) is 21.5. The molecule has 0 unspecified atom stereocenters. The molecule has 0 aliphatic carbocycles. The fraction of sp³-hybridized carbons (Fsp3) is 0.417. The number of phenols is 2. The topological polar surface area (TPSA) is 156 Å². The van der Waals surface area contributed by atoms with Crippen LogP contribution in [0.25, 0.3) is 0 Å². The summed E-state index contributed by atoms with van der Waals surface area (Å²) < 4.78 is 36.9. The van der Waals surface area contributed by atoms with Crippen LogP contribution in [0.3, 0.4) is 0 Å². The summed E-state index contributed by atoms with van der Waals surface area (Å²) in [5.41, 5.74) is 0.424. The molecule has 0 atom stereocenters. The molecule has 0 saturated heterocycles. The summed E-state index contributed by atoms with van der Waals surface area (Å²) in [4.78, 5) is 23.1. The third-order valence-electron chi connectivity index (χ3n) is 4.24. The molecule has 0 amide bonds. The molecule has 0 radical (unpaired) electrons. The lowest BCUT2D eigenvalue weighted by Crippen LogP contribution is -2.38. The molecule has 11 nitrogen and oxygen atoms in total. The number of esters is 2. The lowest BCUT2D eigenvalue weighted by molar-refractivity contribution is -0.870. The maximum absolute atomic E-state index is 11.6. The zero-order chi connectivity index (χ0) is 27.9. The van der Waals surface area contributed by atoms with E-state index in [0.717, 1.165) is 22.1 Å². The molecule has 36 heavy (non-hydrogen) atoms. The standard InChI is InChI=1S/2C12H17NO3.H2O3S/c2*1-13(2,3)8-9-16-12(15)10-6-4-5-7-11(10)14;1-4(2)3/h2*4-7H,8-9H2,1-3H3;(H2,1,2,3). The molecule has 0 aliphatic heterocycles. The van der Waals surface area contributed by atoms with E-state index in [4.69, 9.17) is 22.8 Å². The summed E-state index contributed by atoms with van der Waals surface area (Å²) in [6.45, 7) is 2.16. The predicted octanol–water partition coefficient (Wildman–Crippen LogP) is 1.51. The van der Waals surface area contributed by atoms with Crippen molar-refractivity contribution in [3.8, 4) is 11.5 Å². The second kappa shape index (κ2) is 15.9. The van der Waals surface area contributed by atoms with E-state index in [1.165, 1.54) is 12.1 Å². The number of para-hydroxylation sites is 2. The smallest absolute Gasteiger partial charge is 0.342 e. The van der Waals surface area contributed by atoms with Crippen LogP contribution in [0.1, 0.15) is 20.7 Å². The molecule has 2 rings (SSSR count). The third kappa shape index (κ3) is 16.6. The highest BCUT2D eigenvalue weighted by Gasteiger charge is 2.15. The summed E-state index contributed by atoms with van der Waals surface area (Å²) >= 11 is -3.11. The number of quaternary nitrogens is 2. The Morgan fingerprint density at radius 2 is 1.00 bits per heavy atom. The van der Waals surface area contributed by atoms with Crippen LogP contribution in [-0.2, 0) is 20.8 Å². The number of likely N-dealkylation sites (N-methyl/N-ethyl adjacent to an activating group) is 2. The van der Waals surface area contributed by atoms with Crippen molar-refractivity contribution in [3.05, 3.63) is 59.7 Å². The average molecular weight is 529 g/mol. The first-order chi connectivity index (χ1) is 16.5. The number of aromatic hydroxyl groups is 2. The molecule has 2 aromatic rings. The van der Waals surface area contributed by atoms with Gasteiger partial charge < -0.3 is 37.8 Å². The molecular weight excluding hydrogens is 492 g/mol. The van der Waals surface area contributed by atoms with Gasteiger partial charge in [-0.15, -0.1) is 11.4 Å². The largest absolute Gasteiger partial charge is 0.784 e. The van der Waals surface area contributed by atoms with E-state index >= 15 is 0 Å². The Morgan fingerprint density at radius 1 is 0.722 bits per heavy atom. The first-order valence-corrected chi connectivity index (χ1v) is 11.8. The Balaban J connectivity index is 0.000000593. The van der Waals surface area contributed by atoms with E-state index in [0.29, 0.717) is 13.2 Å². The second-order valence-electron chi connectivity index (χ2n) is 9.54. The lowest BCUT2D eigenvalue weighted by atomic mass is 10.2. The van der Waals surface area contributed by atoms with E-state index in [1.54, 1.807) is 36.4 Å².